The maximum atomic E-state index is 11.7. The number of hydrogen-bond acceptors (Lipinski definition) is 3. The van der Waals surface area contributed by atoms with Gasteiger partial charge in [0, 0.05) is 18.0 Å². The van der Waals surface area contributed by atoms with Gasteiger partial charge in [-0.05, 0) is 30.9 Å². The first-order valence-electron chi connectivity index (χ1n) is 5.94. The number of carbonyl (C=O) groups is 1. The molecule has 1 unspecified atom stereocenters. The summed E-state index contributed by atoms with van der Waals surface area (Å²) < 4.78 is 5.43. The van der Waals surface area contributed by atoms with Crippen molar-refractivity contribution in [1.82, 2.24) is 0 Å². The van der Waals surface area contributed by atoms with E-state index in [1.165, 1.54) is 0 Å². The zero-order chi connectivity index (χ0) is 11.8. The highest BCUT2D eigenvalue weighted by atomic mass is 32.2. The monoisotopic (exact) mass is 244 g/mol. The van der Waals surface area contributed by atoms with E-state index in [2.05, 4.69) is 13.8 Å². The number of rotatable bonds is 2. The van der Waals surface area contributed by atoms with E-state index in [-0.39, 0.29) is 10.7 Å². The quantitative estimate of drug-likeness (QED) is 0.810. The van der Waals surface area contributed by atoms with E-state index in [0.29, 0.717) is 26.1 Å². The molecule has 0 saturated carbocycles. The normalized spacial score (nSPS) is 32.5. The van der Waals surface area contributed by atoms with Gasteiger partial charge >= 0.3 is 5.97 Å². The molecule has 0 radical (unpaired) electrons. The number of carboxylic acids is 1. The van der Waals surface area contributed by atoms with Crippen LogP contribution in [0.4, 0.5) is 0 Å². The molecule has 2 fully saturated rings. The molecule has 0 aliphatic carbocycles. The molecule has 2 rings (SSSR count). The second-order valence-corrected chi connectivity index (χ2v) is 7.12. The van der Waals surface area contributed by atoms with Gasteiger partial charge in [0.05, 0.1) is 5.41 Å². The SMILES string of the molecule is CC1(C)SCCC1C1(C(=O)O)CCOCC1. The Balaban J connectivity index is 2.28. The van der Waals surface area contributed by atoms with E-state index in [4.69, 9.17) is 4.74 Å². The highest BCUT2D eigenvalue weighted by Crippen LogP contribution is 2.54. The summed E-state index contributed by atoms with van der Waals surface area (Å²) in [6.45, 7) is 5.58. The summed E-state index contributed by atoms with van der Waals surface area (Å²) in [4.78, 5) is 11.7. The van der Waals surface area contributed by atoms with Crippen LogP contribution in [-0.2, 0) is 9.53 Å². The van der Waals surface area contributed by atoms with E-state index in [1.807, 2.05) is 11.8 Å². The van der Waals surface area contributed by atoms with Crippen LogP contribution in [0.1, 0.15) is 33.1 Å². The number of hydrogen-bond donors (Lipinski definition) is 1. The second-order valence-electron chi connectivity index (χ2n) is 5.37. The Morgan fingerprint density at radius 1 is 1.38 bits per heavy atom. The van der Waals surface area contributed by atoms with Gasteiger partial charge < -0.3 is 9.84 Å². The minimum atomic E-state index is -0.614. The Hall–Kier alpha value is -0.220. The Morgan fingerprint density at radius 3 is 2.44 bits per heavy atom. The summed E-state index contributed by atoms with van der Waals surface area (Å²) in [6.07, 6.45) is 2.39. The Morgan fingerprint density at radius 2 is 2.00 bits per heavy atom. The average Bonchev–Trinajstić information content (AvgIpc) is 2.59. The average molecular weight is 244 g/mol. The van der Waals surface area contributed by atoms with Crippen molar-refractivity contribution in [3.63, 3.8) is 0 Å². The lowest BCUT2D eigenvalue weighted by Gasteiger charge is -2.43. The zero-order valence-corrected chi connectivity index (χ0v) is 10.8. The van der Waals surface area contributed by atoms with Gasteiger partial charge in [-0.25, -0.2) is 0 Å². The van der Waals surface area contributed by atoms with Crippen molar-refractivity contribution in [1.29, 1.82) is 0 Å². The second kappa shape index (κ2) is 4.22. The van der Waals surface area contributed by atoms with Gasteiger partial charge in [-0.2, -0.15) is 11.8 Å². The first-order chi connectivity index (χ1) is 7.49. The van der Waals surface area contributed by atoms with Crippen molar-refractivity contribution in [2.75, 3.05) is 19.0 Å². The van der Waals surface area contributed by atoms with Crippen molar-refractivity contribution < 1.29 is 14.6 Å². The number of carboxylic acid groups (broad SMARTS) is 1. The molecule has 0 aromatic rings. The molecule has 0 bridgehead atoms. The van der Waals surface area contributed by atoms with Crippen molar-refractivity contribution in [2.45, 2.75) is 37.9 Å². The molecule has 92 valence electrons. The predicted octanol–water partition coefficient (Wildman–Crippen LogP) is 2.40. The Bertz CT molecular complexity index is 282. The third-order valence-corrected chi connectivity index (χ3v) is 5.67. The van der Waals surface area contributed by atoms with E-state index in [9.17, 15) is 9.90 Å². The van der Waals surface area contributed by atoms with E-state index in [1.54, 1.807) is 0 Å². The van der Waals surface area contributed by atoms with Crippen LogP contribution in [0.3, 0.4) is 0 Å². The molecule has 16 heavy (non-hydrogen) atoms. The molecule has 2 heterocycles. The van der Waals surface area contributed by atoms with Crippen molar-refractivity contribution >= 4 is 17.7 Å². The lowest BCUT2D eigenvalue weighted by Crippen LogP contribution is -2.48. The summed E-state index contributed by atoms with van der Waals surface area (Å²) in [6, 6.07) is 0. The van der Waals surface area contributed by atoms with Crippen LogP contribution in [0.5, 0.6) is 0 Å². The van der Waals surface area contributed by atoms with Gasteiger partial charge in [-0.3, -0.25) is 4.79 Å². The minimum Gasteiger partial charge on any atom is -0.481 e. The summed E-state index contributed by atoms with van der Waals surface area (Å²) >= 11 is 1.91. The van der Waals surface area contributed by atoms with E-state index < -0.39 is 11.4 Å². The third-order valence-electron chi connectivity index (χ3n) is 4.20. The fourth-order valence-electron chi connectivity index (χ4n) is 3.28. The topological polar surface area (TPSA) is 46.5 Å². The molecule has 1 N–H and O–H groups in total. The van der Waals surface area contributed by atoms with Crippen LogP contribution in [0, 0.1) is 11.3 Å². The first kappa shape index (κ1) is 12.2. The molecule has 2 aliphatic heterocycles. The molecule has 0 amide bonds. The molecular weight excluding hydrogens is 224 g/mol. The molecule has 2 aliphatic rings. The standard InChI is InChI=1S/C12H20O3S/c1-11(2)9(3-8-16-11)12(10(13)14)4-6-15-7-5-12/h9H,3-8H2,1-2H3,(H,13,14). The molecule has 3 nitrogen and oxygen atoms in total. The van der Waals surface area contributed by atoms with Gasteiger partial charge in [0.2, 0.25) is 0 Å². The Kier molecular flexibility index (Phi) is 3.23. The first-order valence-corrected chi connectivity index (χ1v) is 6.93. The lowest BCUT2D eigenvalue weighted by atomic mass is 9.64. The smallest absolute Gasteiger partial charge is 0.310 e. The molecular formula is C12H20O3S. The fraction of sp³-hybridized carbons (Fsp3) is 0.917. The number of ether oxygens (including phenoxy) is 1. The van der Waals surface area contributed by atoms with E-state index >= 15 is 0 Å². The third kappa shape index (κ3) is 1.86. The molecule has 0 aromatic heterocycles. The fourth-order valence-corrected chi connectivity index (χ4v) is 4.70. The van der Waals surface area contributed by atoms with Crippen LogP contribution >= 0.6 is 11.8 Å². The molecule has 0 aromatic carbocycles. The lowest BCUT2D eigenvalue weighted by molar-refractivity contribution is -0.161. The van der Waals surface area contributed by atoms with Crippen LogP contribution in [0.25, 0.3) is 0 Å². The minimum absolute atomic E-state index is 0.0930. The highest BCUT2D eigenvalue weighted by molar-refractivity contribution is 8.00. The molecule has 0 spiro atoms. The largest absolute Gasteiger partial charge is 0.481 e. The van der Waals surface area contributed by atoms with Crippen LogP contribution in [-0.4, -0.2) is 34.8 Å². The highest BCUT2D eigenvalue weighted by Gasteiger charge is 2.54. The number of aliphatic carboxylic acids is 1. The van der Waals surface area contributed by atoms with Crippen LogP contribution in [0.2, 0.25) is 0 Å². The van der Waals surface area contributed by atoms with Gasteiger partial charge in [0.1, 0.15) is 0 Å². The Labute approximate surface area is 101 Å². The maximum absolute atomic E-state index is 11.7. The van der Waals surface area contributed by atoms with Crippen molar-refractivity contribution in [2.24, 2.45) is 11.3 Å². The number of thioether (sulfide) groups is 1. The van der Waals surface area contributed by atoms with E-state index in [0.717, 1.165) is 12.2 Å². The van der Waals surface area contributed by atoms with Crippen LogP contribution < -0.4 is 0 Å². The van der Waals surface area contributed by atoms with Gasteiger partial charge in [-0.1, -0.05) is 13.8 Å². The van der Waals surface area contributed by atoms with Crippen molar-refractivity contribution in [3.05, 3.63) is 0 Å². The maximum Gasteiger partial charge on any atom is 0.310 e. The van der Waals surface area contributed by atoms with Gasteiger partial charge in [-0.15, -0.1) is 0 Å². The molecule has 1 atom stereocenters. The zero-order valence-electron chi connectivity index (χ0n) is 9.99. The molecule has 4 heteroatoms. The summed E-state index contributed by atoms with van der Waals surface area (Å²) in [5.74, 6) is 0.760. The predicted molar refractivity (Wildman–Crippen MR) is 64.8 cm³/mol. The molecule has 2 saturated heterocycles. The summed E-state index contributed by atoms with van der Waals surface area (Å²) in [5, 5.41) is 9.62. The van der Waals surface area contributed by atoms with Crippen LogP contribution in [0.15, 0.2) is 0 Å². The van der Waals surface area contributed by atoms with Crippen molar-refractivity contribution in [3.8, 4) is 0 Å². The van der Waals surface area contributed by atoms with Gasteiger partial charge in [0.15, 0.2) is 0 Å². The van der Waals surface area contributed by atoms with Gasteiger partial charge in [0.25, 0.3) is 0 Å². The summed E-state index contributed by atoms with van der Waals surface area (Å²) in [5.41, 5.74) is -0.536. The summed E-state index contributed by atoms with van der Waals surface area (Å²) in [7, 11) is 0.